The molecule has 1 aromatic carbocycles. The smallest absolute Gasteiger partial charge is 0.338 e. The standard InChI is InChI=1S/C13H17ClN2O4/c1-4-11(7(2)3)15-12-9(13(17)18)5-8(16(19)20)6-10(12)14/h5-7,11,15H,4H2,1-3H3,(H,17,18). The molecule has 1 atom stereocenters. The number of nitrogens with one attached hydrogen (secondary N) is 1. The summed E-state index contributed by atoms with van der Waals surface area (Å²) in [5.41, 5.74) is -0.302. The van der Waals surface area contributed by atoms with Gasteiger partial charge in [-0.1, -0.05) is 32.4 Å². The lowest BCUT2D eigenvalue weighted by Crippen LogP contribution is -2.26. The number of halogens is 1. The molecule has 0 aliphatic carbocycles. The molecule has 0 bridgehead atoms. The number of anilines is 1. The molecule has 0 saturated heterocycles. The van der Waals surface area contributed by atoms with E-state index in [9.17, 15) is 20.0 Å². The summed E-state index contributed by atoms with van der Waals surface area (Å²) in [7, 11) is 0. The van der Waals surface area contributed by atoms with E-state index in [0.29, 0.717) is 0 Å². The second kappa shape index (κ2) is 6.56. The fourth-order valence-corrected chi connectivity index (χ4v) is 2.21. The van der Waals surface area contributed by atoms with Gasteiger partial charge in [0.05, 0.1) is 21.2 Å². The van der Waals surface area contributed by atoms with Gasteiger partial charge < -0.3 is 10.4 Å². The Hall–Kier alpha value is -1.82. The van der Waals surface area contributed by atoms with Crippen LogP contribution in [0.1, 0.15) is 37.6 Å². The summed E-state index contributed by atoms with van der Waals surface area (Å²) in [4.78, 5) is 21.4. The zero-order chi connectivity index (χ0) is 15.4. The summed E-state index contributed by atoms with van der Waals surface area (Å²) in [6, 6.07) is 2.21. The van der Waals surface area contributed by atoms with Crippen LogP contribution in [-0.4, -0.2) is 22.0 Å². The molecule has 0 saturated carbocycles. The number of carbonyl (C=O) groups is 1. The van der Waals surface area contributed by atoms with E-state index in [1.54, 1.807) is 0 Å². The summed E-state index contributed by atoms with van der Waals surface area (Å²) < 4.78 is 0. The van der Waals surface area contributed by atoms with Crippen LogP contribution in [0.4, 0.5) is 11.4 Å². The molecule has 0 aromatic heterocycles. The van der Waals surface area contributed by atoms with Gasteiger partial charge >= 0.3 is 5.97 Å². The molecular weight excluding hydrogens is 284 g/mol. The van der Waals surface area contributed by atoms with Crippen molar-refractivity contribution in [3.8, 4) is 0 Å². The van der Waals surface area contributed by atoms with E-state index in [0.717, 1.165) is 18.6 Å². The van der Waals surface area contributed by atoms with Crippen LogP contribution in [0.15, 0.2) is 12.1 Å². The van der Waals surface area contributed by atoms with Gasteiger partial charge in [0.25, 0.3) is 5.69 Å². The van der Waals surface area contributed by atoms with Crippen molar-refractivity contribution < 1.29 is 14.8 Å². The molecule has 0 fully saturated rings. The first kappa shape index (κ1) is 16.2. The Bertz CT molecular complexity index is 531. The first-order chi connectivity index (χ1) is 9.27. The van der Waals surface area contributed by atoms with Crippen LogP contribution < -0.4 is 5.32 Å². The molecule has 1 rings (SSSR count). The molecule has 1 aromatic rings. The Balaban J connectivity index is 3.31. The molecule has 0 aliphatic heterocycles. The zero-order valence-electron chi connectivity index (χ0n) is 11.5. The number of rotatable bonds is 6. The molecule has 0 amide bonds. The zero-order valence-corrected chi connectivity index (χ0v) is 12.3. The third kappa shape index (κ3) is 3.60. The third-order valence-corrected chi connectivity index (χ3v) is 3.39. The first-order valence-electron chi connectivity index (χ1n) is 6.25. The van der Waals surface area contributed by atoms with E-state index in [-0.39, 0.29) is 33.9 Å². The molecule has 6 nitrogen and oxygen atoms in total. The molecule has 0 heterocycles. The molecule has 2 N–H and O–H groups in total. The number of nitro groups is 1. The van der Waals surface area contributed by atoms with Gasteiger partial charge in [-0.2, -0.15) is 0 Å². The second-order valence-corrected chi connectivity index (χ2v) is 5.22. The van der Waals surface area contributed by atoms with E-state index in [4.69, 9.17) is 11.6 Å². The number of non-ortho nitro benzene ring substituents is 1. The molecule has 20 heavy (non-hydrogen) atoms. The molecule has 110 valence electrons. The summed E-state index contributed by atoms with van der Waals surface area (Å²) in [6.45, 7) is 5.97. The predicted molar refractivity (Wildman–Crippen MR) is 77.6 cm³/mol. The number of benzene rings is 1. The molecule has 0 radical (unpaired) electrons. The minimum Gasteiger partial charge on any atom is -0.478 e. The third-order valence-electron chi connectivity index (χ3n) is 3.09. The summed E-state index contributed by atoms with van der Waals surface area (Å²) in [5.74, 6) is -0.982. The van der Waals surface area contributed by atoms with Gasteiger partial charge in [-0.3, -0.25) is 10.1 Å². The van der Waals surface area contributed by atoms with E-state index >= 15 is 0 Å². The Morgan fingerprint density at radius 2 is 2.10 bits per heavy atom. The summed E-state index contributed by atoms with van der Waals surface area (Å²) >= 11 is 6.00. The number of carboxylic acids is 1. The van der Waals surface area contributed by atoms with Gasteiger partial charge in [0.15, 0.2) is 0 Å². The van der Waals surface area contributed by atoms with Crippen molar-refractivity contribution in [2.75, 3.05) is 5.32 Å². The van der Waals surface area contributed by atoms with Crippen molar-refractivity contribution in [2.24, 2.45) is 5.92 Å². The average Bonchev–Trinajstić information content (AvgIpc) is 2.35. The fraction of sp³-hybridized carbons (Fsp3) is 0.462. The quantitative estimate of drug-likeness (QED) is 0.616. The van der Waals surface area contributed by atoms with E-state index in [2.05, 4.69) is 5.32 Å². The van der Waals surface area contributed by atoms with E-state index in [1.165, 1.54) is 0 Å². The van der Waals surface area contributed by atoms with Crippen LogP contribution >= 0.6 is 11.6 Å². The topological polar surface area (TPSA) is 92.5 Å². The van der Waals surface area contributed by atoms with Crippen molar-refractivity contribution in [1.82, 2.24) is 0 Å². The second-order valence-electron chi connectivity index (χ2n) is 4.82. The van der Waals surface area contributed by atoms with Crippen LogP contribution in [0, 0.1) is 16.0 Å². The first-order valence-corrected chi connectivity index (χ1v) is 6.63. The van der Waals surface area contributed by atoms with Gasteiger partial charge in [-0.15, -0.1) is 0 Å². The lowest BCUT2D eigenvalue weighted by Gasteiger charge is -2.23. The Morgan fingerprint density at radius 1 is 1.50 bits per heavy atom. The Labute approximate surface area is 121 Å². The van der Waals surface area contributed by atoms with Crippen molar-refractivity contribution in [3.05, 3.63) is 32.8 Å². The lowest BCUT2D eigenvalue weighted by molar-refractivity contribution is -0.384. The van der Waals surface area contributed by atoms with Crippen molar-refractivity contribution in [3.63, 3.8) is 0 Å². The Kier molecular flexibility index (Phi) is 5.33. The van der Waals surface area contributed by atoms with E-state index in [1.807, 2.05) is 20.8 Å². The number of hydrogen-bond donors (Lipinski definition) is 2. The number of carboxylic acid groups (broad SMARTS) is 1. The van der Waals surface area contributed by atoms with Crippen LogP contribution in [0.25, 0.3) is 0 Å². The van der Waals surface area contributed by atoms with Crippen LogP contribution in [0.5, 0.6) is 0 Å². The van der Waals surface area contributed by atoms with Crippen molar-refractivity contribution >= 4 is 28.9 Å². The van der Waals surface area contributed by atoms with Crippen LogP contribution in [-0.2, 0) is 0 Å². The van der Waals surface area contributed by atoms with Gasteiger partial charge in [0.1, 0.15) is 0 Å². The maximum atomic E-state index is 11.3. The largest absolute Gasteiger partial charge is 0.478 e. The average molecular weight is 301 g/mol. The number of aromatic carboxylic acids is 1. The van der Waals surface area contributed by atoms with Gasteiger partial charge in [0, 0.05) is 18.2 Å². The van der Waals surface area contributed by atoms with Crippen LogP contribution in [0.3, 0.4) is 0 Å². The maximum Gasteiger partial charge on any atom is 0.338 e. The minimum atomic E-state index is -1.25. The Morgan fingerprint density at radius 3 is 2.50 bits per heavy atom. The lowest BCUT2D eigenvalue weighted by atomic mass is 10.0. The SMILES string of the molecule is CCC(Nc1c(Cl)cc([N+](=O)[O-])cc1C(=O)O)C(C)C. The van der Waals surface area contributed by atoms with Gasteiger partial charge in [0.2, 0.25) is 0 Å². The number of nitrogens with zero attached hydrogens (tertiary/aromatic N) is 1. The van der Waals surface area contributed by atoms with E-state index < -0.39 is 10.9 Å². The van der Waals surface area contributed by atoms with Crippen molar-refractivity contribution in [2.45, 2.75) is 33.2 Å². The minimum absolute atomic E-state index is 0.0343. The highest BCUT2D eigenvalue weighted by Gasteiger charge is 2.22. The van der Waals surface area contributed by atoms with Gasteiger partial charge in [-0.05, 0) is 12.3 Å². The monoisotopic (exact) mass is 300 g/mol. The summed E-state index contributed by atoms with van der Waals surface area (Å²) in [6.07, 6.45) is 0.782. The predicted octanol–water partition coefficient (Wildman–Crippen LogP) is 3.79. The molecule has 0 aliphatic rings. The maximum absolute atomic E-state index is 11.3. The highest BCUT2D eigenvalue weighted by atomic mass is 35.5. The fourth-order valence-electron chi connectivity index (χ4n) is 1.94. The van der Waals surface area contributed by atoms with Crippen LogP contribution in [0.2, 0.25) is 5.02 Å². The summed E-state index contributed by atoms with van der Waals surface area (Å²) in [5, 5.41) is 23.1. The number of hydrogen-bond acceptors (Lipinski definition) is 4. The molecule has 7 heteroatoms. The van der Waals surface area contributed by atoms with Gasteiger partial charge in [-0.25, -0.2) is 4.79 Å². The molecule has 1 unspecified atom stereocenters. The number of nitro benzene ring substituents is 1. The normalized spacial score (nSPS) is 12.2. The molecular formula is C13H17ClN2O4. The van der Waals surface area contributed by atoms with Crippen molar-refractivity contribution in [1.29, 1.82) is 0 Å². The molecule has 0 spiro atoms. The highest BCUT2D eigenvalue weighted by molar-refractivity contribution is 6.34. The highest BCUT2D eigenvalue weighted by Crippen LogP contribution is 2.32.